The van der Waals surface area contributed by atoms with E-state index in [0.717, 1.165) is 15.4 Å². The van der Waals surface area contributed by atoms with Crippen LogP contribution in [0.2, 0.25) is 0 Å². The van der Waals surface area contributed by atoms with Crippen molar-refractivity contribution in [3.05, 3.63) is 6.20 Å². The van der Waals surface area contributed by atoms with Gasteiger partial charge in [0.1, 0.15) is 5.00 Å². The molecule has 1 fully saturated rings. The molecule has 84 valence electrons. The van der Waals surface area contributed by atoms with Crippen molar-refractivity contribution in [2.45, 2.75) is 37.0 Å². The maximum absolute atomic E-state index is 5.65. The van der Waals surface area contributed by atoms with Gasteiger partial charge in [-0.15, -0.1) is 0 Å². The zero-order chi connectivity index (χ0) is 10.7. The van der Waals surface area contributed by atoms with Gasteiger partial charge < -0.3 is 11.1 Å². The summed E-state index contributed by atoms with van der Waals surface area (Å²) in [6.45, 7) is 0. The summed E-state index contributed by atoms with van der Waals surface area (Å²) in [7, 11) is 0. The lowest BCUT2D eigenvalue weighted by Crippen LogP contribution is -2.28. The van der Waals surface area contributed by atoms with Crippen LogP contribution in [-0.2, 0) is 0 Å². The van der Waals surface area contributed by atoms with E-state index in [-0.39, 0.29) is 0 Å². The van der Waals surface area contributed by atoms with Gasteiger partial charge in [0.2, 0.25) is 0 Å². The van der Waals surface area contributed by atoms with Crippen molar-refractivity contribution >= 4 is 33.2 Å². The molecule has 0 saturated heterocycles. The van der Waals surface area contributed by atoms with Crippen molar-refractivity contribution in [1.82, 2.24) is 4.98 Å². The van der Waals surface area contributed by atoms with Crippen LogP contribution in [0, 0.1) is 0 Å². The van der Waals surface area contributed by atoms with Gasteiger partial charge in [-0.3, -0.25) is 0 Å². The topological polar surface area (TPSA) is 50.9 Å². The molecule has 2 unspecified atom stereocenters. The second-order valence-corrected chi connectivity index (χ2v) is 6.13. The summed E-state index contributed by atoms with van der Waals surface area (Å²) >= 11 is 3.52. The van der Waals surface area contributed by atoms with Crippen molar-refractivity contribution in [2.75, 3.05) is 17.3 Å². The number of rotatable bonds is 3. The first-order valence-corrected chi connectivity index (χ1v) is 7.39. The number of anilines is 2. The molecule has 2 rings (SSSR count). The number of hydrogen-bond acceptors (Lipinski definition) is 5. The van der Waals surface area contributed by atoms with Crippen molar-refractivity contribution in [3.63, 3.8) is 0 Å². The van der Waals surface area contributed by atoms with Gasteiger partial charge in [0.15, 0.2) is 5.13 Å². The Kier molecular flexibility index (Phi) is 3.75. The molecule has 1 aliphatic carbocycles. The van der Waals surface area contributed by atoms with Crippen molar-refractivity contribution in [1.29, 1.82) is 0 Å². The monoisotopic (exact) mass is 243 g/mol. The molecule has 0 amide bonds. The Morgan fingerprint density at radius 2 is 2.47 bits per heavy atom. The Morgan fingerprint density at radius 1 is 1.60 bits per heavy atom. The fourth-order valence-corrected chi connectivity index (χ4v) is 3.50. The minimum absolute atomic E-state index is 0.585. The highest BCUT2D eigenvalue weighted by Gasteiger charge is 2.21. The van der Waals surface area contributed by atoms with Gasteiger partial charge in [-0.25, -0.2) is 4.98 Å². The predicted molar refractivity (Wildman–Crippen MR) is 69.7 cm³/mol. The zero-order valence-corrected chi connectivity index (χ0v) is 10.5. The van der Waals surface area contributed by atoms with Crippen LogP contribution in [0.4, 0.5) is 10.1 Å². The summed E-state index contributed by atoms with van der Waals surface area (Å²) in [5.41, 5.74) is 5.65. The Bertz CT molecular complexity index is 313. The lowest BCUT2D eigenvalue weighted by molar-refractivity contribution is 0.473. The number of nitrogens with one attached hydrogen (secondary N) is 1. The molecule has 1 aliphatic rings. The largest absolute Gasteiger partial charge is 0.389 e. The van der Waals surface area contributed by atoms with Gasteiger partial charge in [0.05, 0.1) is 6.20 Å². The van der Waals surface area contributed by atoms with E-state index in [0.29, 0.717) is 6.04 Å². The third-order valence-corrected chi connectivity index (χ3v) is 4.66. The molecular weight excluding hydrogens is 226 g/mol. The number of aromatic nitrogens is 1. The van der Waals surface area contributed by atoms with Crippen LogP contribution in [-0.4, -0.2) is 22.5 Å². The predicted octanol–water partition coefficient (Wildman–Crippen LogP) is 2.81. The number of nitrogens with two attached hydrogens (primary N) is 1. The number of thiazole rings is 1. The zero-order valence-electron chi connectivity index (χ0n) is 8.90. The van der Waals surface area contributed by atoms with Crippen LogP contribution in [0.5, 0.6) is 0 Å². The molecular formula is C10H17N3S2. The molecule has 0 aromatic carbocycles. The molecule has 1 saturated carbocycles. The number of hydrogen-bond donors (Lipinski definition) is 2. The van der Waals surface area contributed by atoms with E-state index in [1.54, 1.807) is 6.20 Å². The standard InChI is InChI=1S/C10H17N3S2/c1-14-8-4-2-3-7(5-8)13-10-12-6-9(11)15-10/h6-8H,2-5,11H2,1H3,(H,12,13). The lowest BCUT2D eigenvalue weighted by Gasteiger charge is -2.28. The first-order chi connectivity index (χ1) is 7.28. The fraction of sp³-hybridized carbons (Fsp3) is 0.700. The molecule has 0 bridgehead atoms. The summed E-state index contributed by atoms with van der Waals surface area (Å²) in [6.07, 6.45) is 9.12. The van der Waals surface area contributed by atoms with Crippen LogP contribution in [0.3, 0.4) is 0 Å². The Hall–Kier alpha value is -0.420. The molecule has 0 radical (unpaired) electrons. The SMILES string of the molecule is CSC1CCCC(Nc2ncc(N)s2)C1. The average molecular weight is 243 g/mol. The van der Waals surface area contributed by atoms with E-state index in [9.17, 15) is 0 Å². The normalized spacial score (nSPS) is 26.5. The molecule has 1 aromatic heterocycles. The molecule has 15 heavy (non-hydrogen) atoms. The summed E-state index contributed by atoms with van der Waals surface area (Å²) < 4.78 is 0. The molecule has 0 aliphatic heterocycles. The third-order valence-electron chi connectivity index (χ3n) is 2.81. The first kappa shape index (κ1) is 11.1. The Morgan fingerprint density at radius 3 is 3.13 bits per heavy atom. The van der Waals surface area contributed by atoms with Crippen LogP contribution >= 0.6 is 23.1 Å². The second kappa shape index (κ2) is 5.07. The maximum Gasteiger partial charge on any atom is 0.184 e. The molecule has 1 heterocycles. The van der Waals surface area contributed by atoms with Gasteiger partial charge in [-0.1, -0.05) is 17.8 Å². The highest BCUT2D eigenvalue weighted by atomic mass is 32.2. The minimum Gasteiger partial charge on any atom is -0.389 e. The summed E-state index contributed by atoms with van der Waals surface area (Å²) in [5.74, 6) is 0. The first-order valence-electron chi connectivity index (χ1n) is 5.28. The summed E-state index contributed by atoms with van der Waals surface area (Å²) in [5, 5.41) is 6.05. The lowest BCUT2D eigenvalue weighted by atomic mass is 9.95. The van der Waals surface area contributed by atoms with Crippen molar-refractivity contribution < 1.29 is 0 Å². The molecule has 2 atom stereocenters. The maximum atomic E-state index is 5.65. The van der Waals surface area contributed by atoms with Gasteiger partial charge >= 0.3 is 0 Å². The van der Waals surface area contributed by atoms with Crippen LogP contribution in [0.15, 0.2) is 6.20 Å². The molecule has 5 heteroatoms. The van der Waals surface area contributed by atoms with Crippen LogP contribution < -0.4 is 11.1 Å². The Balaban J connectivity index is 1.88. The highest BCUT2D eigenvalue weighted by molar-refractivity contribution is 7.99. The third kappa shape index (κ3) is 3.01. The summed E-state index contributed by atoms with van der Waals surface area (Å²) in [4.78, 5) is 4.24. The number of nitrogen functional groups attached to an aromatic ring is 1. The van der Waals surface area contributed by atoms with Gasteiger partial charge in [-0.05, 0) is 25.5 Å². The van der Waals surface area contributed by atoms with E-state index < -0.39 is 0 Å². The molecule has 1 aromatic rings. The molecule has 3 nitrogen and oxygen atoms in total. The average Bonchev–Trinajstić information content (AvgIpc) is 2.64. The molecule has 0 spiro atoms. The van der Waals surface area contributed by atoms with Gasteiger partial charge in [-0.2, -0.15) is 11.8 Å². The van der Waals surface area contributed by atoms with Crippen LogP contribution in [0.1, 0.15) is 25.7 Å². The van der Waals surface area contributed by atoms with Gasteiger partial charge in [0.25, 0.3) is 0 Å². The van der Waals surface area contributed by atoms with Crippen molar-refractivity contribution in [2.24, 2.45) is 0 Å². The van der Waals surface area contributed by atoms with Gasteiger partial charge in [0, 0.05) is 11.3 Å². The van der Waals surface area contributed by atoms with E-state index in [2.05, 4.69) is 16.6 Å². The smallest absolute Gasteiger partial charge is 0.184 e. The van der Waals surface area contributed by atoms with E-state index in [1.165, 1.54) is 37.0 Å². The fourth-order valence-electron chi connectivity index (χ4n) is 2.02. The van der Waals surface area contributed by atoms with E-state index in [1.807, 2.05) is 11.8 Å². The number of thioether (sulfide) groups is 1. The van der Waals surface area contributed by atoms with Crippen LogP contribution in [0.25, 0.3) is 0 Å². The van der Waals surface area contributed by atoms with Crippen molar-refractivity contribution in [3.8, 4) is 0 Å². The van der Waals surface area contributed by atoms with E-state index >= 15 is 0 Å². The summed E-state index contributed by atoms with van der Waals surface area (Å²) in [6, 6.07) is 0.585. The number of nitrogens with zero attached hydrogens (tertiary/aromatic N) is 1. The molecule has 3 N–H and O–H groups in total. The minimum atomic E-state index is 0.585. The Labute approximate surface area is 98.9 Å². The second-order valence-electron chi connectivity index (χ2n) is 3.93. The highest BCUT2D eigenvalue weighted by Crippen LogP contribution is 2.30. The quantitative estimate of drug-likeness (QED) is 0.857. The van der Waals surface area contributed by atoms with E-state index in [4.69, 9.17) is 5.73 Å².